The number of aromatic nitrogens is 3. The van der Waals surface area contributed by atoms with E-state index in [-0.39, 0.29) is 24.0 Å². The third-order valence-corrected chi connectivity index (χ3v) is 3.55. The molecule has 0 bridgehead atoms. The highest BCUT2D eigenvalue weighted by atomic mass is 79.9. The number of hydrogen-bond donors (Lipinski definition) is 1. The van der Waals surface area contributed by atoms with E-state index < -0.39 is 11.6 Å². The summed E-state index contributed by atoms with van der Waals surface area (Å²) in [6.07, 6.45) is 1.91. The van der Waals surface area contributed by atoms with Crippen molar-refractivity contribution in [2.75, 3.05) is 0 Å². The maximum atomic E-state index is 14.0. The van der Waals surface area contributed by atoms with Crippen LogP contribution in [0.1, 0.15) is 24.7 Å². The summed E-state index contributed by atoms with van der Waals surface area (Å²) in [5, 5.41) is 7.83. The van der Waals surface area contributed by atoms with Crippen LogP contribution in [0.15, 0.2) is 16.6 Å². The van der Waals surface area contributed by atoms with Gasteiger partial charge in [0.2, 0.25) is 0 Å². The van der Waals surface area contributed by atoms with Crippen LogP contribution in [0.4, 0.5) is 8.78 Å². The van der Waals surface area contributed by atoms with Gasteiger partial charge in [0.15, 0.2) is 5.82 Å². The Labute approximate surface area is 116 Å². The van der Waals surface area contributed by atoms with Crippen LogP contribution >= 0.6 is 15.9 Å². The van der Waals surface area contributed by atoms with E-state index in [4.69, 9.17) is 5.73 Å². The first-order valence-corrected chi connectivity index (χ1v) is 6.70. The molecule has 0 unspecified atom stereocenters. The maximum Gasteiger partial charge on any atom is 0.170 e. The van der Waals surface area contributed by atoms with Crippen LogP contribution in [0.25, 0.3) is 11.4 Å². The molecule has 4 nitrogen and oxygen atoms in total. The Morgan fingerprint density at radius 2 is 1.89 bits per heavy atom. The summed E-state index contributed by atoms with van der Waals surface area (Å²) in [5.41, 5.74) is 5.44. The fourth-order valence-corrected chi connectivity index (χ4v) is 2.51. The van der Waals surface area contributed by atoms with Gasteiger partial charge in [0.1, 0.15) is 17.5 Å². The second kappa shape index (κ2) is 4.64. The molecule has 0 amide bonds. The van der Waals surface area contributed by atoms with Crippen LogP contribution in [0.5, 0.6) is 0 Å². The molecular formula is C12H11BrF2N4. The fourth-order valence-electron chi connectivity index (χ4n) is 2.11. The number of hydrogen-bond acceptors (Lipinski definition) is 3. The van der Waals surface area contributed by atoms with Crippen molar-refractivity contribution < 1.29 is 8.78 Å². The molecule has 0 spiro atoms. The number of nitrogens with two attached hydrogens (primary N) is 1. The van der Waals surface area contributed by atoms with Crippen LogP contribution in [0.2, 0.25) is 0 Å². The second-order valence-corrected chi connectivity index (χ2v) is 5.41. The number of benzene rings is 1. The number of nitrogens with zero attached hydrogens (tertiary/aromatic N) is 3. The van der Waals surface area contributed by atoms with Gasteiger partial charge in [-0.1, -0.05) is 15.9 Å². The maximum absolute atomic E-state index is 14.0. The summed E-state index contributed by atoms with van der Waals surface area (Å²) in [4.78, 5) is 0. The minimum absolute atomic E-state index is 0.151. The monoisotopic (exact) mass is 328 g/mol. The Morgan fingerprint density at radius 1 is 1.26 bits per heavy atom. The largest absolute Gasteiger partial charge is 0.324 e. The Balaban J connectivity index is 2.20. The molecule has 2 N–H and O–H groups in total. The lowest BCUT2D eigenvalue weighted by Crippen LogP contribution is -2.09. The molecule has 1 heterocycles. The zero-order valence-electron chi connectivity index (χ0n) is 9.91. The van der Waals surface area contributed by atoms with Crippen LogP contribution < -0.4 is 5.73 Å². The minimum atomic E-state index is -0.662. The predicted octanol–water partition coefficient (Wildman–Crippen LogP) is 2.78. The lowest BCUT2D eigenvalue weighted by molar-refractivity contribution is 0.581. The van der Waals surface area contributed by atoms with E-state index in [1.54, 1.807) is 4.57 Å². The molecule has 100 valence electrons. The molecule has 1 fully saturated rings. The Kier molecular flexibility index (Phi) is 3.10. The first kappa shape index (κ1) is 12.7. The third-order valence-electron chi connectivity index (χ3n) is 3.09. The first-order valence-electron chi connectivity index (χ1n) is 5.90. The van der Waals surface area contributed by atoms with E-state index in [0.29, 0.717) is 10.3 Å². The van der Waals surface area contributed by atoms with E-state index in [1.807, 2.05) is 0 Å². The quantitative estimate of drug-likeness (QED) is 0.942. The van der Waals surface area contributed by atoms with Gasteiger partial charge in [0.25, 0.3) is 0 Å². The molecule has 2 aromatic rings. The van der Waals surface area contributed by atoms with Crippen molar-refractivity contribution in [2.24, 2.45) is 5.73 Å². The smallest absolute Gasteiger partial charge is 0.170 e. The van der Waals surface area contributed by atoms with Crippen molar-refractivity contribution >= 4 is 15.9 Å². The van der Waals surface area contributed by atoms with Gasteiger partial charge in [-0.2, -0.15) is 0 Å². The van der Waals surface area contributed by atoms with Crippen molar-refractivity contribution in [1.82, 2.24) is 14.8 Å². The lowest BCUT2D eigenvalue weighted by atomic mass is 10.2. The average Bonchev–Trinajstić information content (AvgIpc) is 3.09. The van der Waals surface area contributed by atoms with Crippen molar-refractivity contribution in [1.29, 1.82) is 0 Å². The molecule has 3 rings (SSSR count). The average molecular weight is 329 g/mol. The Morgan fingerprint density at radius 3 is 2.42 bits per heavy atom. The molecule has 1 aromatic heterocycles. The standard InChI is InChI=1S/C12H11BrF2N4/c13-6-3-8(14)11(9(15)4-6)12-18-17-10(5-16)19(12)7-1-2-7/h3-4,7H,1-2,5,16H2. The van der Waals surface area contributed by atoms with Crippen LogP contribution in [0, 0.1) is 11.6 Å². The summed E-state index contributed by atoms with van der Waals surface area (Å²) < 4.78 is 30.1. The van der Waals surface area contributed by atoms with Gasteiger partial charge in [-0.25, -0.2) is 8.78 Å². The van der Waals surface area contributed by atoms with Gasteiger partial charge < -0.3 is 10.3 Å². The van der Waals surface area contributed by atoms with Gasteiger partial charge in [0.05, 0.1) is 12.1 Å². The lowest BCUT2D eigenvalue weighted by Gasteiger charge is -2.09. The summed E-state index contributed by atoms with van der Waals surface area (Å²) in [6.45, 7) is 0.198. The summed E-state index contributed by atoms with van der Waals surface area (Å²) in [6, 6.07) is 2.63. The highest BCUT2D eigenvalue weighted by Crippen LogP contribution is 2.40. The zero-order chi connectivity index (χ0) is 13.6. The molecule has 1 aliphatic rings. The highest BCUT2D eigenvalue weighted by Gasteiger charge is 2.31. The molecule has 0 atom stereocenters. The fraction of sp³-hybridized carbons (Fsp3) is 0.333. The second-order valence-electron chi connectivity index (χ2n) is 4.49. The van der Waals surface area contributed by atoms with Crippen molar-refractivity contribution in [3.63, 3.8) is 0 Å². The third kappa shape index (κ3) is 2.17. The van der Waals surface area contributed by atoms with E-state index in [9.17, 15) is 8.78 Å². The van der Waals surface area contributed by atoms with Crippen molar-refractivity contribution in [3.05, 3.63) is 34.1 Å². The van der Waals surface area contributed by atoms with Gasteiger partial charge in [-0.15, -0.1) is 10.2 Å². The number of halogens is 3. The van der Waals surface area contributed by atoms with E-state index >= 15 is 0 Å². The normalized spacial score (nSPS) is 14.9. The topological polar surface area (TPSA) is 56.7 Å². The van der Waals surface area contributed by atoms with Crippen molar-refractivity contribution in [3.8, 4) is 11.4 Å². The van der Waals surface area contributed by atoms with Crippen LogP contribution in [-0.4, -0.2) is 14.8 Å². The van der Waals surface area contributed by atoms with Gasteiger partial charge in [-0.05, 0) is 25.0 Å². The first-order chi connectivity index (χ1) is 9.11. The summed E-state index contributed by atoms with van der Waals surface area (Å²) in [7, 11) is 0. The van der Waals surface area contributed by atoms with Gasteiger partial charge >= 0.3 is 0 Å². The zero-order valence-corrected chi connectivity index (χ0v) is 11.5. The molecule has 0 radical (unpaired) electrons. The molecule has 1 aromatic carbocycles. The SMILES string of the molecule is NCc1nnc(-c2c(F)cc(Br)cc2F)n1C1CC1. The predicted molar refractivity (Wildman–Crippen MR) is 69.2 cm³/mol. The van der Waals surface area contributed by atoms with Gasteiger partial charge in [0, 0.05) is 10.5 Å². The van der Waals surface area contributed by atoms with E-state index in [0.717, 1.165) is 12.8 Å². The van der Waals surface area contributed by atoms with Crippen LogP contribution in [0.3, 0.4) is 0 Å². The van der Waals surface area contributed by atoms with E-state index in [2.05, 4.69) is 26.1 Å². The molecule has 1 aliphatic carbocycles. The number of rotatable bonds is 3. The van der Waals surface area contributed by atoms with Crippen molar-refractivity contribution in [2.45, 2.75) is 25.4 Å². The molecule has 19 heavy (non-hydrogen) atoms. The van der Waals surface area contributed by atoms with Gasteiger partial charge in [-0.3, -0.25) is 0 Å². The molecular weight excluding hydrogens is 318 g/mol. The summed E-state index contributed by atoms with van der Waals surface area (Å²) in [5.74, 6) is -0.556. The Bertz CT molecular complexity index is 614. The van der Waals surface area contributed by atoms with E-state index in [1.165, 1.54) is 12.1 Å². The molecule has 7 heteroatoms. The Hall–Kier alpha value is -1.34. The minimum Gasteiger partial charge on any atom is -0.324 e. The molecule has 1 saturated carbocycles. The summed E-state index contributed by atoms with van der Waals surface area (Å²) >= 11 is 3.06. The highest BCUT2D eigenvalue weighted by molar-refractivity contribution is 9.10. The van der Waals surface area contributed by atoms with Crippen LogP contribution in [-0.2, 0) is 6.54 Å². The molecule has 0 saturated heterocycles. The molecule has 0 aliphatic heterocycles.